The number of benzene rings is 1. The van der Waals surface area contributed by atoms with Crippen molar-refractivity contribution >= 4 is 11.5 Å². The van der Waals surface area contributed by atoms with E-state index in [0.717, 1.165) is 11.5 Å². The molecule has 1 unspecified atom stereocenters. The fourth-order valence-corrected chi connectivity index (χ4v) is 1.81. The number of aromatic nitrogens is 1. The number of pyridine rings is 1. The summed E-state index contributed by atoms with van der Waals surface area (Å²) in [7, 11) is 1.81. The van der Waals surface area contributed by atoms with Gasteiger partial charge in [-0.25, -0.2) is 9.37 Å². The molecule has 18 heavy (non-hydrogen) atoms. The Hall–Kier alpha value is -2.10. The van der Waals surface area contributed by atoms with Crippen LogP contribution in [0.15, 0.2) is 42.6 Å². The molecule has 0 saturated carbocycles. The van der Waals surface area contributed by atoms with E-state index in [1.54, 1.807) is 18.3 Å². The van der Waals surface area contributed by atoms with Crippen molar-refractivity contribution in [3.63, 3.8) is 0 Å². The Kier molecular flexibility index (Phi) is 3.77. The fourth-order valence-electron chi connectivity index (χ4n) is 1.81. The third-order valence-electron chi connectivity index (χ3n) is 2.77. The second kappa shape index (κ2) is 5.49. The van der Waals surface area contributed by atoms with Crippen LogP contribution < -0.4 is 10.6 Å². The lowest BCUT2D eigenvalue weighted by Crippen LogP contribution is -2.08. The first-order valence-corrected chi connectivity index (χ1v) is 5.85. The van der Waals surface area contributed by atoms with E-state index in [9.17, 15) is 4.39 Å². The Bertz CT molecular complexity index is 528. The highest BCUT2D eigenvalue weighted by atomic mass is 19.1. The predicted molar refractivity (Wildman–Crippen MR) is 72.2 cm³/mol. The summed E-state index contributed by atoms with van der Waals surface area (Å²) < 4.78 is 13.6. The van der Waals surface area contributed by atoms with E-state index in [1.165, 1.54) is 6.07 Å². The second-order valence-corrected chi connectivity index (χ2v) is 4.07. The molecule has 2 rings (SSSR count). The van der Waals surface area contributed by atoms with E-state index in [0.29, 0.717) is 5.56 Å². The highest BCUT2D eigenvalue weighted by Gasteiger charge is 2.09. The molecule has 4 heteroatoms. The van der Waals surface area contributed by atoms with Crippen LogP contribution >= 0.6 is 0 Å². The summed E-state index contributed by atoms with van der Waals surface area (Å²) in [6, 6.07) is 10.4. The smallest absolute Gasteiger partial charge is 0.128 e. The van der Waals surface area contributed by atoms with Gasteiger partial charge in [0.1, 0.15) is 11.6 Å². The van der Waals surface area contributed by atoms with Crippen LogP contribution in [-0.4, -0.2) is 12.0 Å². The van der Waals surface area contributed by atoms with Crippen LogP contribution in [0.4, 0.5) is 15.9 Å². The number of nitrogens with one attached hydrogen (secondary N) is 2. The van der Waals surface area contributed by atoms with Crippen molar-refractivity contribution in [1.82, 2.24) is 4.98 Å². The van der Waals surface area contributed by atoms with Crippen LogP contribution in [0, 0.1) is 5.82 Å². The van der Waals surface area contributed by atoms with Crippen molar-refractivity contribution in [3.05, 3.63) is 54.0 Å². The van der Waals surface area contributed by atoms with Gasteiger partial charge in [0, 0.05) is 30.6 Å². The molecule has 0 bridgehead atoms. The average molecular weight is 245 g/mol. The molecule has 1 aromatic heterocycles. The van der Waals surface area contributed by atoms with E-state index >= 15 is 0 Å². The maximum Gasteiger partial charge on any atom is 0.128 e. The molecule has 0 radical (unpaired) electrons. The average Bonchev–Trinajstić information content (AvgIpc) is 2.39. The van der Waals surface area contributed by atoms with Gasteiger partial charge in [0.25, 0.3) is 0 Å². The molecule has 2 N–H and O–H groups in total. The minimum absolute atomic E-state index is 0.0988. The van der Waals surface area contributed by atoms with Gasteiger partial charge in [-0.15, -0.1) is 0 Å². The number of halogens is 1. The first-order chi connectivity index (χ1) is 8.70. The summed E-state index contributed by atoms with van der Waals surface area (Å²) in [5.74, 6) is 0.584. The highest BCUT2D eigenvalue weighted by Crippen LogP contribution is 2.22. The maximum absolute atomic E-state index is 13.6. The topological polar surface area (TPSA) is 37.0 Å². The summed E-state index contributed by atoms with van der Waals surface area (Å²) in [6.45, 7) is 1.93. The summed E-state index contributed by atoms with van der Waals surface area (Å²) in [5.41, 5.74) is 1.56. The monoisotopic (exact) mass is 245 g/mol. The van der Waals surface area contributed by atoms with Crippen LogP contribution in [0.1, 0.15) is 18.5 Å². The van der Waals surface area contributed by atoms with Gasteiger partial charge in [-0.3, -0.25) is 0 Å². The van der Waals surface area contributed by atoms with Gasteiger partial charge in [-0.1, -0.05) is 18.2 Å². The quantitative estimate of drug-likeness (QED) is 0.866. The molecule has 0 amide bonds. The summed E-state index contributed by atoms with van der Waals surface area (Å²) in [5, 5.41) is 6.22. The molecule has 1 atom stereocenters. The van der Waals surface area contributed by atoms with E-state index in [1.807, 2.05) is 32.2 Å². The van der Waals surface area contributed by atoms with Crippen molar-refractivity contribution in [2.75, 3.05) is 17.7 Å². The Morgan fingerprint density at radius 3 is 2.72 bits per heavy atom. The summed E-state index contributed by atoms with van der Waals surface area (Å²) in [4.78, 5) is 4.13. The Balaban J connectivity index is 2.16. The zero-order chi connectivity index (χ0) is 13.0. The lowest BCUT2D eigenvalue weighted by molar-refractivity contribution is 0.600. The maximum atomic E-state index is 13.6. The molecule has 0 saturated heterocycles. The SMILES string of the molecule is CNc1cc(NC(C)c2ccccc2F)ccn1. The third kappa shape index (κ3) is 2.77. The molecule has 0 aliphatic rings. The fraction of sp³-hybridized carbons (Fsp3) is 0.214. The minimum atomic E-state index is -0.194. The van der Waals surface area contributed by atoms with Crippen molar-refractivity contribution in [2.24, 2.45) is 0 Å². The second-order valence-electron chi connectivity index (χ2n) is 4.07. The van der Waals surface area contributed by atoms with Crippen LogP contribution in [0.3, 0.4) is 0 Å². The molecule has 0 aliphatic heterocycles. The molecule has 3 nitrogen and oxygen atoms in total. The lowest BCUT2D eigenvalue weighted by Gasteiger charge is -2.16. The summed E-state index contributed by atoms with van der Waals surface area (Å²) >= 11 is 0. The predicted octanol–water partition coefficient (Wildman–Crippen LogP) is 3.44. The molecular formula is C14H16FN3. The van der Waals surface area contributed by atoms with Gasteiger partial charge in [0.15, 0.2) is 0 Å². The largest absolute Gasteiger partial charge is 0.378 e. The van der Waals surface area contributed by atoms with Crippen LogP contribution in [0.5, 0.6) is 0 Å². The molecule has 0 aliphatic carbocycles. The Morgan fingerprint density at radius 2 is 2.00 bits per heavy atom. The van der Waals surface area contributed by atoms with E-state index in [2.05, 4.69) is 15.6 Å². The molecule has 2 aromatic rings. The van der Waals surface area contributed by atoms with Crippen molar-refractivity contribution < 1.29 is 4.39 Å². The molecule has 1 heterocycles. The van der Waals surface area contributed by atoms with Gasteiger partial charge in [-0.2, -0.15) is 0 Å². The van der Waals surface area contributed by atoms with Crippen molar-refractivity contribution in [3.8, 4) is 0 Å². The molecule has 0 spiro atoms. The summed E-state index contributed by atoms with van der Waals surface area (Å²) in [6.07, 6.45) is 1.71. The number of hydrogen-bond acceptors (Lipinski definition) is 3. The van der Waals surface area contributed by atoms with Crippen LogP contribution in [-0.2, 0) is 0 Å². The van der Waals surface area contributed by atoms with E-state index < -0.39 is 0 Å². The van der Waals surface area contributed by atoms with Gasteiger partial charge in [-0.05, 0) is 19.1 Å². The minimum Gasteiger partial charge on any atom is -0.378 e. The Labute approximate surface area is 106 Å². The molecular weight excluding hydrogens is 229 g/mol. The Morgan fingerprint density at radius 1 is 1.22 bits per heavy atom. The first kappa shape index (κ1) is 12.4. The van der Waals surface area contributed by atoms with Crippen LogP contribution in [0.2, 0.25) is 0 Å². The van der Waals surface area contributed by atoms with Crippen molar-refractivity contribution in [1.29, 1.82) is 0 Å². The molecule has 0 fully saturated rings. The third-order valence-corrected chi connectivity index (χ3v) is 2.77. The lowest BCUT2D eigenvalue weighted by atomic mass is 10.1. The van der Waals surface area contributed by atoms with E-state index in [-0.39, 0.29) is 11.9 Å². The van der Waals surface area contributed by atoms with Gasteiger partial charge in [0.05, 0.1) is 6.04 Å². The van der Waals surface area contributed by atoms with Gasteiger partial charge in [0.2, 0.25) is 0 Å². The molecule has 1 aromatic carbocycles. The zero-order valence-corrected chi connectivity index (χ0v) is 10.4. The normalized spacial score (nSPS) is 11.9. The first-order valence-electron chi connectivity index (χ1n) is 5.85. The standard InChI is InChI=1S/C14H16FN3/c1-10(12-5-3-4-6-13(12)15)18-11-7-8-17-14(9-11)16-2/h3-10H,1-2H3,(H2,16,17,18). The van der Waals surface area contributed by atoms with Crippen molar-refractivity contribution in [2.45, 2.75) is 13.0 Å². The van der Waals surface area contributed by atoms with E-state index in [4.69, 9.17) is 0 Å². The number of nitrogens with zero attached hydrogens (tertiary/aromatic N) is 1. The highest BCUT2D eigenvalue weighted by molar-refractivity contribution is 5.52. The number of anilines is 2. The van der Waals surface area contributed by atoms with Gasteiger partial charge < -0.3 is 10.6 Å². The number of rotatable bonds is 4. The molecule has 94 valence electrons. The van der Waals surface area contributed by atoms with Gasteiger partial charge >= 0.3 is 0 Å². The van der Waals surface area contributed by atoms with Crippen LogP contribution in [0.25, 0.3) is 0 Å². The zero-order valence-electron chi connectivity index (χ0n) is 10.4. The number of hydrogen-bond donors (Lipinski definition) is 2.